The van der Waals surface area contributed by atoms with E-state index in [2.05, 4.69) is 10.0 Å². The monoisotopic (exact) mass is 419 g/mol. The molecular weight excluding hydrogens is 398 g/mol. The maximum Gasteiger partial charge on any atom is 0.307 e. The maximum absolute atomic E-state index is 12.9. The molecule has 1 heterocycles. The summed E-state index contributed by atoms with van der Waals surface area (Å²) in [6.07, 6.45) is 0.763. The fourth-order valence-corrected chi connectivity index (χ4v) is 4.76. The van der Waals surface area contributed by atoms with Crippen molar-refractivity contribution >= 4 is 43.2 Å². The van der Waals surface area contributed by atoms with Crippen molar-refractivity contribution in [3.8, 4) is 0 Å². The Balaban J connectivity index is 1.95. The van der Waals surface area contributed by atoms with Crippen LogP contribution in [0.1, 0.15) is 30.6 Å². The van der Waals surface area contributed by atoms with Crippen LogP contribution in [-0.4, -0.2) is 24.9 Å². The van der Waals surface area contributed by atoms with Crippen LogP contribution in [-0.2, 0) is 17.1 Å². The first-order chi connectivity index (χ1) is 13.2. The van der Waals surface area contributed by atoms with E-state index in [4.69, 9.17) is 0 Å². The lowest BCUT2D eigenvalue weighted by molar-refractivity contribution is 0.0940. The highest BCUT2D eigenvalue weighted by atomic mass is 32.2. The van der Waals surface area contributed by atoms with Gasteiger partial charge >= 0.3 is 4.87 Å². The first-order valence-electron chi connectivity index (χ1n) is 8.75. The molecule has 1 atom stereocenters. The fourth-order valence-electron chi connectivity index (χ4n) is 2.66. The summed E-state index contributed by atoms with van der Waals surface area (Å²) in [5, 5.41) is 2.84. The molecule has 2 N–H and O–H groups in total. The highest BCUT2D eigenvalue weighted by Crippen LogP contribution is 2.24. The summed E-state index contributed by atoms with van der Waals surface area (Å²) in [5.41, 5.74) is 1.11. The third-order valence-electron chi connectivity index (χ3n) is 4.48. The SMILES string of the molecule is CC[C@@H](C)NC(=O)c1ccccc1NS(=O)(=O)c1ccc2c(c1)sc(=O)n2C. The molecule has 0 aliphatic carbocycles. The lowest BCUT2D eigenvalue weighted by atomic mass is 10.1. The van der Waals surface area contributed by atoms with Crippen LogP contribution in [0.2, 0.25) is 0 Å². The molecule has 7 nitrogen and oxygen atoms in total. The largest absolute Gasteiger partial charge is 0.350 e. The number of aryl methyl sites for hydroxylation is 1. The first kappa shape index (κ1) is 20.1. The van der Waals surface area contributed by atoms with Gasteiger partial charge in [-0.2, -0.15) is 0 Å². The van der Waals surface area contributed by atoms with Gasteiger partial charge in [0.15, 0.2) is 0 Å². The molecule has 3 aromatic rings. The number of para-hydroxylation sites is 1. The average Bonchev–Trinajstić information content (AvgIpc) is 2.95. The Labute approximate surface area is 167 Å². The van der Waals surface area contributed by atoms with E-state index in [0.29, 0.717) is 10.2 Å². The summed E-state index contributed by atoms with van der Waals surface area (Å²) in [6.45, 7) is 3.83. The Morgan fingerprint density at radius 1 is 1.21 bits per heavy atom. The number of aromatic nitrogens is 1. The van der Waals surface area contributed by atoms with Crippen LogP contribution in [0.3, 0.4) is 0 Å². The van der Waals surface area contributed by atoms with E-state index in [1.807, 2.05) is 13.8 Å². The molecule has 3 rings (SSSR count). The van der Waals surface area contributed by atoms with Gasteiger partial charge in [0.2, 0.25) is 0 Å². The molecule has 28 heavy (non-hydrogen) atoms. The number of carbonyl (C=O) groups excluding carboxylic acids is 1. The molecular formula is C19H21N3O4S2. The van der Waals surface area contributed by atoms with Gasteiger partial charge in [-0.15, -0.1) is 0 Å². The number of fused-ring (bicyclic) bond motifs is 1. The van der Waals surface area contributed by atoms with Crippen molar-refractivity contribution in [1.29, 1.82) is 0 Å². The zero-order chi connectivity index (χ0) is 20.5. The molecule has 0 aliphatic heterocycles. The molecule has 148 valence electrons. The van der Waals surface area contributed by atoms with Crippen molar-refractivity contribution in [3.63, 3.8) is 0 Å². The van der Waals surface area contributed by atoms with Gasteiger partial charge in [-0.3, -0.25) is 14.3 Å². The Hall–Kier alpha value is -2.65. The van der Waals surface area contributed by atoms with Crippen LogP contribution in [0.15, 0.2) is 52.2 Å². The van der Waals surface area contributed by atoms with Gasteiger partial charge in [0.05, 0.1) is 26.4 Å². The molecule has 0 saturated heterocycles. The molecule has 0 spiro atoms. The van der Waals surface area contributed by atoms with Crippen molar-refractivity contribution in [1.82, 2.24) is 9.88 Å². The molecule has 0 saturated carbocycles. The van der Waals surface area contributed by atoms with E-state index in [1.165, 1.54) is 16.7 Å². The van der Waals surface area contributed by atoms with Crippen LogP contribution in [0, 0.1) is 0 Å². The number of hydrogen-bond acceptors (Lipinski definition) is 5. The zero-order valence-electron chi connectivity index (χ0n) is 15.7. The summed E-state index contributed by atoms with van der Waals surface area (Å²) in [5.74, 6) is -0.343. The van der Waals surface area contributed by atoms with Gasteiger partial charge < -0.3 is 9.88 Å². The van der Waals surface area contributed by atoms with Gasteiger partial charge in [-0.1, -0.05) is 30.4 Å². The minimum absolute atomic E-state index is 0.0268. The zero-order valence-corrected chi connectivity index (χ0v) is 17.4. The number of rotatable bonds is 6. The van der Waals surface area contributed by atoms with Gasteiger partial charge in [0.1, 0.15) is 0 Å². The van der Waals surface area contributed by atoms with Gasteiger partial charge in [-0.05, 0) is 43.7 Å². The first-order valence-corrected chi connectivity index (χ1v) is 11.0. The van der Waals surface area contributed by atoms with Crippen molar-refractivity contribution in [2.24, 2.45) is 7.05 Å². The standard InChI is InChI=1S/C19H21N3O4S2/c1-4-12(2)20-18(23)14-7-5-6-8-15(14)21-28(25,26)13-9-10-16-17(11-13)27-19(24)22(16)3/h5-12,21H,4H2,1-3H3,(H,20,23)/t12-/m1/s1. The summed E-state index contributed by atoms with van der Waals surface area (Å²) >= 11 is 0.984. The number of nitrogens with zero attached hydrogens (tertiary/aromatic N) is 1. The highest BCUT2D eigenvalue weighted by molar-refractivity contribution is 7.92. The van der Waals surface area contributed by atoms with Crippen LogP contribution in [0.4, 0.5) is 5.69 Å². The van der Waals surface area contributed by atoms with E-state index in [-0.39, 0.29) is 33.0 Å². The third kappa shape index (κ3) is 3.95. The molecule has 0 fully saturated rings. The van der Waals surface area contributed by atoms with Gasteiger partial charge in [-0.25, -0.2) is 8.42 Å². The van der Waals surface area contributed by atoms with Crippen LogP contribution in [0.25, 0.3) is 10.2 Å². The second-order valence-corrected chi connectivity index (χ2v) is 9.17. The topological polar surface area (TPSA) is 97.3 Å². The van der Waals surface area contributed by atoms with E-state index in [0.717, 1.165) is 17.8 Å². The second-order valence-electron chi connectivity index (χ2n) is 6.49. The Bertz CT molecular complexity index is 1200. The molecule has 0 unspecified atom stereocenters. The lowest BCUT2D eigenvalue weighted by Gasteiger charge is -2.15. The number of amides is 1. The quantitative estimate of drug-likeness (QED) is 0.642. The van der Waals surface area contributed by atoms with E-state index >= 15 is 0 Å². The summed E-state index contributed by atoms with van der Waals surface area (Å²) in [6, 6.07) is 10.9. The van der Waals surface area contributed by atoms with Crippen molar-refractivity contribution in [2.45, 2.75) is 31.2 Å². The molecule has 0 bridgehead atoms. The van der Waals surface area contributed by atoms with Crippen molar-refractivity contribution in [3.05, 3.63) is 57.7 Å². The molecule has 1 aromatic heterocycles. The highest BCUT2D eigenvalue weighted by Gasteiger charge is 2.20. The molecule has 1 amide bonds. The van der Waals surface area contributed by atoms with Crippen LogP contribution in [0.5, 0.6) is 0 Å². The van der Waals surface area contributed by atoms with Crippen molar-refractivity contribution in [2.75, 3.05) is 4.72 Å². The van der Waals surface area contributed by atoms with E-state index in [1.54, 1.807) is 37.4 Å². The van der Waals surface area contributed by atoms with Gasteiger partial charge in [0, 0.05) is 13.1 Å². The normalized spacial score (nSPS) is 12.7. The minimum atomic E-state index is -3.93. The van der Waals surface area contributed by atoms with Crippen molar-refractivity contribution < 1.29 is 13.2 Å². The lowest BCUT2D eigenvalue weighted by Crippen LogP contribution is -2.32. The number of thiazole rings is 1. The number of hydrogen-bond donors (Lipinski definition) is 2. The van der Waals surface area contributed by atoms with Gasteiger partial charge in [0.25, 0.3) is 15.9 Å². The Morgan fingerprint density at radius 2 is 1.93 bits per heavy atom. The third-order valence-corrected chi connectivity index (χ3v) is 6.84. The fraction of sp³-hybridized carbons (Fsp3) is 0.263. The Kier molecular flexibility index (Phi) is 5.57. The predicted octanol–water partition coefficient (Wildman–Crippen LogP) is 2.93. The smallest absolute Gasteiger partial charge is 0.307 e. The number of carbonyl (C=O) groups is 1. The summed E-state index contributed by atoms with van der Waals surface area (Å²) in [7, 11) is -2.29. The molecule has 9 heteroatoms. The van der Waals surface area contributed by atoms with E-state index in [9.17, 15) is 18.0 Å². The van der Waals surface area contributed by atoms with Crippen LogP contribution >= 0.6 is 11.3 Å². The predicted molar refractivity (Wildman–Crippen MR) is 112 cm³/mol. The summed E-state index contributed by atoms with van der Waals surface area (Å²) < 4.78 is 30.3. The minimum Gasteiger partial charge on any atom is -0.350 e. The molecule has 2 aromatic carbocycles. The average molecular weight is 420 g/mol. The Morgan fingerprint density at radius 3 is 2.64 bits per heavy atom. The number of sulfonamides is 1. The number of benzene rings is 2. The number of nitrogens with one attached hydrogen (secondary N) is 2. The maximum atomic E-state index is 12.9. The van der Waals surface area contributed by atoms with Crippen LogP contribution < -0.4 is 14.9 Å². The summed E-state index contributed by atoms with van der Waals surface area (Å²) in [4.78, 5) is 24.1. The number of anilines is 1. The molecule has 0 aliphatic rings. The second kappa shape index (κ2) is 7.76. The molecule has 0 radical (unpaired) electrons. The van der Waals surface area contributed by atoms with E-state index < -0.39 is 10.0 Å².